The zero-order valence-electron chi connectivity index (χ0n) is 12.4. The monoisotopic (exact) mass is 307 g/mol. The summed E-state index contributed by atoms with van der Waals surface area (Å²) in [6.07, 6.45) is 0. The van der Waals surface area contributed by atoms with Gasteiger partial charge < -0.3 is 14.2 Å². The Kier molecular flexibility index (Phi) is 4.98. The van der Waals surface area contributed by atoms with Gasteiger partial charge in [-0.1, -0.05) is 12.1 Å². The lowest BCUT2D eigenvalue weighted by atomic mass is 9.89. The minimum Gasteiger partial charge on any atom is -0.497 e. The van der Waals surface area contributed by atoms with E-state index in [9.17, 15) is 14.9 Å². The number of methoxy groups -OCH3 is 1. The lowest BCUT2D eigenvalue weighted by Gasteiger charge is -2.15. The molecule has 0 aromatic heterocycles. The molecule has 0 bridgehead atoms. The lowest BCUT2D eigenvalue weighted by molar-refractivity contribution is -0.481. The quantitative estimate of drug-likeness (QED) is 0.565. The van der Waals surface area contributed by atoms with Gasteiger partial charge in [-0.25, -0.2) is 0 Å². The minimum atomic E-state index is -0.711. The Hall–Kier alpha value is -2.57. The van der Waals surface area contributed by atoms with Gasteiger partial charge in [0.15, 0.2) is 6.61 Å². The smallest absolute Gasteiger partial charge is 0.287 e. The van der Waals surface area contributed by atoms with Crippen LogP contribution >= 0.6 is 0 Å². The summed E-state index contributed by atoms with van der Waals surface area (Å²) in [7, 11) is 1.54. The predicted molar refractivity (Wildman–Crippen MR) is 77.2 cm³/mol. The van der Waals surface area contributed by atoms with Crippen molar-refractivity contribution in [3.8, 4) is 5.75 Å². The maximum atomic E-state index is 12.1. The number of ketones is 1. The Morgan fingerprint density at radius 1 is 1.36 bits per heavy atom. The molecule has 0 spiro atoms. The Morgan fingerprint density at radius 2 is 2.05 bits per heavy atom. The lowest BCUT2D eigenvalue weighted by Crippen LogP contribution is -2.19. The van der Waals surface area contributed by atoms with Crippen LogP contribution in [0.5, 0.6) is 5.75 Å². The van der Waals surface area contributed by atoms with E-state index in [4.69, 9.17) is 14.2 Å². The van der Waals surface area contributed by atoms with Gasteiger partial charge in [0, 0.05) is 4.92 Å². The van der Waals surface area contributed by atoms with E-state index in [1.54, 1.807) is 31.2 Å². The number of hydrogen-bond donors (Lipinski definition) is 0. The maximum Gasteiger partial charge on any atom is 0.287 e. The van der Waals surface area contributed by atoms with Gasteiger partial charge in [0.05, 0.1) is 25.2 Å². The van der Waals surface area contributed by atoms with Crippen LogP contribution in [0.15, 0.2) is 35.8 Å². The standard InChI is InChI=1S/C15H17NO6/c1-3-21-15-14(13(17)9-22-15)12(8-16(18)19)10-4-6-11(20-2)7-5-10/h4-7,12H,3,8-9H2,1-2H3/t12-/m1/s1. The van der Waals surface area contributed by atoms with Gasteiger partial charge in [-0.2, -0.15) is 0 Å². The molecule has 7 heteroatoms. The Bertz CT molecular complexity index is 593. The van der Waals surface area contributed by atoms with Crippen molar-refractivity contribution >= 4 is 5.78 Å². The Morgan fingerprint density at radius 3 is 2.59 bits per heavy atom. The molecule has 7 nitrogen and oxygen atoms in total. The van der Waals surface area contributed by atoms with Crippen LogP contribution in [-0.2, 0) is 14.3 Å². The first-order valence-corrected chi connectivity index (χ1v) is 6.85. The van der Waals surface area contributed by atoms with Gasteiger partial charge in [0.25, 0.3) is 5.95 Å². The summed E-state index contributed by atoms with van der Waals surface area (Å²) < 4.78 is 15.6. The van der Waals surface area contributed by atoms with Gasteiger partial charge in [0.1, 0.15) is 5.75 Å². The molecule has 0 radical (unpaired) electrons. The second-order valence-corrected chi connectivity index (χ2v) is 4.69. The van der Waals surface area contributed by atoms with Crippen molar-refractivity contribution in [2.45, 2.75) is 12.8 Å². The molecule has 0 unspecified atom stereocenters. The topological polar surface area (TPSA) is 87.9 Å². The zero-order valence-corrected chi connectivity index (χ0v) is 12.4. The molecule has 1 aromatic rings. The van der Waals surface area contributed by atoms with E-state index in [-0.39, 0.29) is 23.9 Å². The highest BCUT2D eigenvalue weighted by Gasteiger charge is 2.36. The Labute approximate surface area is 127 Å². The van der Waals surface area contributed by atoms with E-state index in [1.807, 2.05) is 0 Å². The summed E-state index contributed by atoms with van der Waals surface area (Å²) in [6.45, 7) is 1.52. The van der Waals surface area contributed by atoms with Crippen LogP contribution in [0.2, 0.25) is 0 Å². The summed E-state index contributed by atoms with van der Waals surface area (Å²) in [5.74, 6) is -0.268. The molecule has 0 saturated heterocycles. The third kappa shape index (κ3) is 3.36. The highest BCUT2D eigenvalue weighted by atomic mass is 16.7. The fraction of sp³-hybridized carbons (Fsp3) is 0.400. The molecule has 22 heavy (non-hydrogen) atoms. The Balaban J connectivity index is 2.42. The van der Waals surface area contributed by atoms with Crippen LogP contribution in [0, 0.1) is 10.1 Å². The normalized spacial score (nSPS) is 15.5. The molecule has 0 fully saturated rings. The molecule has 0 aliphatic carbocycles. The van der Waals surface area contributed by atoms with Crippen molar-refractivity contribution in [1.29, 1.82) is 0 Å². The average Bonchev–Trinajstić information content (AvgIpc) is 2.86. The van der Waals surface area contributed by atoms with Crippen molar-refractivity contribution in [3.05, 3.63) is 51.5 Å². The summed E-state index contributed by atoms with van der Waals surface area (Å²) >= 11 is 0. The minimum absolute atomic E-state index is 0.0927. The number of ether oxygens (including phenoxy) is 3. The molecule has 2 rings (SSSR count). The van der Waals surface area contributed by atoms with Crippen LogP contribution in [-0.4, -0.2) is 37.6 Å². The van der Waals surface area contributed by atoms with E-state index in [1.165, 1.54) is 7.11 Å². The van der Waals surface area contributed by atoms with Gasteiger partial charge >= 0.3 is 0 Å². The van der Waals surface area contributed by atoms with Crippen LogP contribution in [0.4, 0.5) is 0 Å². The van der Waals surface area contributed by atoms with Gasteiger partial charge in [-0.3, -0.25) is 14.9 Å². The highest BCUT2D eigenvalue weighted by molar-refractivity contribution is 5.99. The number of carbonyl (C=O) groups excluding carboxylic acids is 1. The van der Waals surface area contributed by atoms with Crippen molar-refractivity contribution in [2.24, 2.45) is 0 Å². The summed E-state index contributed by atoms with van der Waals surface area (Å²) in [5.41, 5.74) is 0.868. The van der Waals surface area contributed by atoms with Crippen LogP contribution in [0.25, 0.3) is 0 Å². The van der Waals surface area contributed by atoms with E-state index >= 15 is 0 Å². The largest absolute Gasteiger partial charge is 0.497 e. The molecule has 1 aromatic carbocycles. The molecular formula is C15H17NO6. The fourth-order valence-electron chi connectivity index (χ4n) is 2.34. The second kappa shape index (κ2) is 6.93. The molecule has 0 N–H and O–H groups in total. The van der Waals surface area contributed by atoms with Crippen molar-refractivity contribution in [2.75, 3.05) is 26.9 Å². The molecule has 1 atom stereocenters. The SMILES string of the molecule is CCOC1=C([C@H](C[N+](=O)[O-])c2ccc(OC)cc2)C(=O)CO1. The first-order chi connectivity index (χ1) is 10.6. The molecule has 1 heterocycles. The molecule has 1 aliphatic heterocycles. The number of hydrogen-bond acceptors (Lipinski definition) is 6. The summed E-state index contributed by atoms with van der Waals surface area (Å²) in [5, 5.41) is 11.0. The zero-order chi connectivity index (χ0) is 16.1. The number of nitrogens with zero attached hydrogens (tertiary/aromatic N) is 1. The average molecular weight is 307 g/mol. The number of rotatable bonds is 7. The molecule has 1 aliphatic rings. The van der Waals surface area contributed by atoms with E-state index in [0.29, 0.717) is 17.9 Å². The van der Waals surface area contributed by atoms with Gasteiger partial charge in [0.2, 0.25) is 12.3 Å². The van der Waals surface area contributed by atoms with Crippen molar-refractivity contribution < 1.29 is 23.9 Å². The fourth-order valence-corrected chi connectivity index (χ4v) is 2.34. The van der Waals surface area contributed by atoms with Gasteiger partial charge in [-0.15, -0.1) is 0 Å². The van der Waals surface area contributed by atoms with Crippen LogP contribution in [0.1, 0.15) is 18.4 Å². The van der Waals surface area contributed by atoms with E-state index < -0.39 is 17.4 Å². The van der Waals surface area contributed by atoms with Crippen molar-refractivity contribution in [3.63, 3.8) is 0 Å². The highest BCUT2D eigenvalue weighted by Crippen LogP contribution is 2.33. The van der Waals surface area contributed by atoms with Crippen LogP contribution < -0.4 is 4.74 Å². The van der Waals surface area contributed by atoms with Crippen LogP contribution in [0.3, 0.4) is 0 Å². The molecule has 0 amide bonds. The predicted octanol–water partition coefficient (Wildman–Crippen LogP) is 1.90. The first-order valence-electron chi connectivity index (χ1n) is 6.85. The van der Waals surface area contributed by atoms with E-state index in [2.05, 4.69) is 0 Å². The first kappa shape index (κ1) is 15.8. The maximum absolute atomic E-state index is 12.1. The third-order valence-electron chi connectivity index (χ3n) is 3.33. The summed E-state index contributed by atoms with van der Waals surface area (Å²) in [6, 6.07) is 6.80. The number of nitro groups is 1. The van der Waals surface area contributed by atoms with Gasteiger partial charge in [-0.05, 0) is 24.6 Å². The van der Waals surface area contributed by atoms with Crippen molar-refractivity contribution in [1.82, 2.24) is 0 Å². The molecule has 0 saturated carbocycles. The second-order valence-electron chi connectivity index (χ2n) is 4.69. The van der Waals surface area contributed by atoms with E-state index in [0.717, 1.165) is 0 Å². The number of benzene rings is 1. The number of Topliss-reactive ketones (excluding diaryl/α,β-unsaturated/α-hetero) is 1. The third-order valence-corrected chi connectivity index (χ3v) is 3.33. The molecule has 118 valence electrons. The summed E-state index contributed by atoms with van der Waals surface area (Å²) in [4.78, 5) is 22.6. The number of carbonyl (C=O) groups is 1. The molecular weight excluding hydrogens is 290 g/mol.